The molecule has 1 aliphatic heterocycles. The summed E-state index contributed by atoms with van der Waals surface area (Å²) in [6, 6.07) is 58.5. The number of epoxide rings is 1. The van der Waals surface area contributed by atoms with E-state index in [0.717, 1.165) is 106 Å². The summed E-state index contributed by atoms with van der Waals surface area (Å²) in [4.78, 5) is 57.4. The first-order valence-electron chi connectivity index (χ1n) is 42.9. The zero-order chi connectivity index (χ0) is 99.7. The molecule has 11 rings (SSSR count). The van der Waals surface area contributed by atoms with Gasteiger partial charge in [-0.15, -0.1) is 0 Å². The number of hydrogen-bond acceptors (Lipinski definition) is 20. The Bertz CT molecular complexity index is 5280. The second kappa shape index (κ2) is 61.0. The molecule has 0 spiro atoms. The summed E-state index contributed by atoms with van der Waals surface area (Å²) in [5.74, 6) is 2.00. The summed E-state index contributed by atoms with van der Waals surface area (Å²) in [6.07, 6.45) is 0. The van der Waals surface area contributed by atoms with Gasteiger partial charge in [-0.2, -0.15) is 0 Å². The Morgan fingerprint density at radius 1 is 0.368 bits per heavy atom. The van der Waals surface area contributed by atoms with Crippen molar-refractivity contribution in [3.63, 3.8) is 0 Å². The summed E-state index contributed by atoms with van der Waals surface area (Å²) in [5.41, 5.74) is 18.8. The third-order valence-corrected chi connectivity index (χ3v) is 18.9. The van der Waals surface area contributed by atoms with Gasteiger partial charge >= 0.3 is 23.9 Å². The molecule has 710 valence electrons. The molecule has 1 unspecified atom stereocenters. The maximum absolute atomic E-state index is 11.8. The van der Waals surface area contributed by atoms with Crippen molar-refractivity contribution in [2.45, 2.75) is 177 Å². The molecule has 0 saturated carbocycles. The Morgan fingerprint density at radius 3 is 0.917 bits per heavy atom. The van der Waals surface area contributed by atoms with E-state index in [1.165, 1.54) is 6.92 Å². The molecule has 1 atom stereocenters. The van der Waals surface area contributed by atoms with Crippen molar-refractivity contribution in [3.8, 4) is 57.5 Å². The first-order chi connectivity index (χ1) is 61.1. The summed E-state index contributed by atoms with van der Waals surface area (Å²) < 4.78 is 37.3. The van der Waals surface area contributed by atoms with E-state index in [1.807, 2.05) is 247 Å². The van der Waals surface area contributed by atoms with Gasteiger partial charge < -0.3 is 74.0 Å². The van der Waals surface area contributed by atoms with Crippen molar-refractivity contribution in [1.82, 2.24) is 0 Å². The van der Waals surface area contributed by atoms with Crippen LogP contribution in [0.15, 0.2) is 227 Å². The maximum Gasteiger partial charge on any atom is 0.313 e. The van der Waals surface area contributed by atoms with Crippen LogP contribution in [-0.2, 0) is 44.6 Å². The van der Waals surface area contributed by atoms with Crippen LogP contribution in [0.5, 0.6) is 57.5 Å². The first kappa shape index (κ1) is 123. The molecule has 10 aromatic carbocycles. The largest absolute Gasteiger partial charge is 0.508 e. The fourth-order valence-corrected chi connectivity index (χ4v) is 11.4. The predicted octanol–water partition coefficient (Wildman–Crippen LogP) is 24.5. The monoisotopic (exact) mass is 2250 g/mol. The van der Waals surface area contributed by atoms with Crippen LogP contribution in [-0.4, -0.2) is 111 Å². The number of aliphatic hydroxyl groups is 2. The first-order valence-corrected chi connectivity index (χ1v) is 42.9. The average Bonchev–Trinajstić information content (AvgIpc) is 1.60. The number of rotatable bonds is 21. The Labute approximate surface area is 861 Å². The summed E-state index contributed by atoms with van der Waals surface area (Å²) in [5, 5.41) is 73.8. The van der Waals surface area contributed by atoms with Crippen LogP contribution in [0.4, 0.5) is 0 Å². The number of phenolic OH excluding ortho intramolecular Hbond substituents is 6. The molecular formula is C111H140Ac2O20. The molecule has 20 nitrogen and oxygen atoms in total. The molecule has 133 heavy (non-hydrogen) atoms. The van der Waals surface area contributed by atoms with Crippen molar-refractivity contribution in [3.05, 3.63) is 327 Å². The number of aliphatic hydroxyl groups excluding tert-OH is 1. The van der Waals surface area contributed by atoms with Gasteiger partial charge in [-0.1, -0.05) is 204 Å². The number of hydrogen-bond donors (Lipinski definition) is 8. The summed E-state index contributed by atoms with van der Waals surface area (Å²) >= 11 is 0. The average molecular weight is 2250 g/mol. The van der Waals surface area contributed by atoms with Gasteiger partial charge in [0, 0.05) is 141 Å². The molecule has 1 heterocycles. The number of ether oxygens (including phenoxy) is 7. The molecule has 0 aromatic heterocycles. The van der Waals surface area contributed by atoms with Crippen LogP contribution in [0, 0.1) is 181 Å². The number of allylic oxidation sites excluding steroid dienone is 3. The Kier molecular flexibility index (Phi) is 56.4. The van der Waals surface area contributed by atoms with Gasteiger partial charge in [0.2, 0.25) is 0 Å². The number of carbonyl (C=O) groups excluding carboxylic acids is 5. The quantitative estimate of drug-likeness (QED) is 0.0143. The molecule has 10 aromatic rings. The van der Waals surface area contributed by atoms with Crippen molar-refractivity contribution in [2.24, 2.45) is 23.7 Å². The number of phenols is 6. The molecule has 2 radical (unpaired) electrons. The van der Waals surface area contributed by atoms with Gasteiger partial charge in [-0.3, -0.25) is 24.0 Å². The van der Waals surface area contributed by atoms with Gasteiger partial charge in [-0.25, -0.2) is 0 Å². The fourth-order valence-electron chi connectivity index (χ4n) is 11.4. The van der Waals surface area contributed by atoms with Crippen molar-refractivity contribution in [1.29, 1.82) is 0 Å². The molecule has 0 amide bonds. The van der Waals surface area contributed by atoms with Gasteiger partial charge in [0.15, 0.2) is 5.78 Å². The van der Waals surface area contributed by atoms with E-state index in [-0.39, 0.29) is 160 Å². The summed E-state index contributed by atoms with van der Waals surface area (Å²) in [6.45, 7) is 64.6. The Morgan fingerprint density at radius 2 is 0.647 bits per heavy atom. The number of Topliss-reactive ketones (excluding diaryl/α,β-unsaturated/α-hetero) is 1. The Balaban J connectivity index is 0.00000147. The van der Waals surface area contributed by atoms with E-state index >= 15 is 0 Å². The van der Waals surface area contributed by atoms with Crippen molar-refractivity contribution < 1.29 is 186 Å². The molecule has 1 aliphatic rings. The van der Waals surface area contributed by atoms with Crippen molar-refractivity contribution >= 4 is 57.5 Å². The second-order valence-electron chi connectivity index (χ2n) is 34.0. The van der Waals surface area contributed by atoms with Crippen LogP contribution in [0.25, 0.3) is 27.9 Å². The van der Waals surface area contributed by atoms with E-state index in [0.29, 0.717) is 88.1 Å². The molecule has 0 bridgehead atoms. The van der Waals surface area contributed by atoms with Crippen LogP contribution < -0.4 is 18.9 Å². The van der Waals surface area contributed by atoms with E-state index < -0.39 is 11.2 Å². The minimum atomic E-state index is -0.974. The van der Waals surface area contributed by atoms with Crippen LogP contribution in [0.3, 0.4) is 0 Å². The minimum Gasteiger partial charge on any atom is -0.508 e. The minimum absolute atomic E-state index is 0. The zero-order valence-electron chi connectivity index (χ0n) is 82.8. The number of aryl methyl sites for hydroxylation is 10. The third-order valence-electron chi connectivity index (χ3n) is 18.9. The van der Waals surface area contributed by atoms with E-state index in [4.69, 9.17) is 48.5 Å². The van der Waals surface area contributed by atoms with Gasteiger partial charge in [0.05, 0.1) is 61.3 Å². The zero-order valence-corrected chi connectivity index (χ0v) is 92.3. The second-order valence-corrected chi connectivity index (χ2v) is 34.0. The van der Waals surface area contributed by atoms with Gasteiger partial charge in [0.1, 0.15) is 63.1 Å². The Hall–Kier alpha value is -10.1. The number of carbonyl (C=O) groups is 5. The van der Waals surface area contributed by atoms with E-state index in [1.54, 1.807) is 121 Å². The van der Waals surface area contributed by atoms with Crippen LogP contribution in [0.2, 0.25) is 0 Å². The normalized spacial score (nSPS) is 11.6. The molecule has 8 N–H and O–H groups in total. The number of aromatic hydroxyl groups is 6. The predicted molar refractivity (Wildman–Crippen MR) is 530 cm³/mol. The smallest absolute Gasteiger partial charge is 0.313 e. The molecular weight excluding hydrogens is 2110 g/mol. The van der Waals surface area contributed by atoms with Crippen molar-refractivity contribution in [2.75, 3.05) is 40.6 Å². The van der Waals surface area contributed by atoms with E-state index in [2.05, 4.69) is 32.9 Å². The number of methoxy groups -OCH3 is 2. The molecule has 1 saturated heterocycles. The molecule has 0 aliphatic carbocycles. The third kappa shape index (κ3) is 45.7. The van der Waals surface area contributed by atoms with Gasteiger partial charge in [0.25, 0.3) is 0 Å². The van der Waals surface area contributed by atoms with E-state index in [9.17, 15) is 49.5 Å². The SMILES string of the molecule is C=C(C)c1ccc(C)cc1O.C=C(C)c1ccc(C)cc1O.C=C(C)c1ccc(C)cc1OC(=O)C(C)C.C=C(CO)c1ccc(C)cc1OC(=O)C(C)C.C=C(COC)c1ccc(C)cc1OC(=O)C(C)C.CC(=O)c1ccc(C)cc1O.COCC1(c2ccc(C)cc2OC(=O)C(C)C)CO1.Cc1ccc(C(C)(C)O)c(O)c1.Cc1cccc(O)c1.Cc1cccc(O)c1.[Ac].[Ac]. The maximum atomic E-state index is 11.8. The number of benzene rings is 10. The summed E-state index contributed by atoms with van der Waals surface area (Å²) in [7, 11) is 3.25. The number of ketones is 1. The fraction of sp³-hybridized carbons (Fsp3) is 0.324. The van der Waals surface area contributed by atoms with Crippen LogP contribution >= 0.6 is 0 Å². The molecule has 22 heteroatoms. The molecule has 1 fully saturated rings. The topological polar surface area (TPSA) is 315 Å². The standard InChI is InChI=1S/C15H20O4.C15H20O3.C14H18O3.C14H18O2.C10H14O2.2C10H12O.C9H10O2.2C7H8O.2Ac/c1-10(2)14(16)19-13-7-11(3)5-6-12(13)15(8-17-4)9-18-15;1-10(2)15(16)18-14-8-11(3)6-7-13(14)12(4)9-17-5;1-9(2)14(16)17-13-7-10(3)5-6-12(13)11(4)8-15;1-9(2)12-7-6-11(5)8-13(12)16-14(15)10(3)4;1-7-4-5-8(9(11)6-7)10(2,3)12;2*1-7(2)9-5-4-8(3)6-10(9)11;1-6-3-4-8(7(2)10)9(11)5-6;2*1-6-3-2-4-7(8)5-6;;/h5-7,10H,8-9H2,1-4H3;6-8,10H,4,9H2,1-3,5H3;5-7,9,15H,4,8H2,1-3H3;6-8,10H,1H2,2-5H3;4-6,11-12H,1-3H3;2*4-6,11H,1H2,2-3H3;3-5,11H,1-2H3;2*2-5,8H,1H3;;. The van der Waals surface area contributed by atoms with Crippen LogP contribution in [0.1, 0.15) is 202 Å². The van der Waals surface area contributed by atoms with Gasteiger partial charge in [-0.05, 0) is 273 Å². The number of esters is 4.